The average molecular weight is 370 g/mol. The third-order valence-electron chi connectivity index (χ3n) is 4.45. The molecule has 1 aromatic carbocycles. The number of fused-ring (bicyclic) bond motifs is 3. The van der Waals surface area contributed by atoms with Gasteiger partial charge in [-0.3, -0.25) is 14.9 Å². The number of nitrogens with zero attached hydrogens (tertiary/aromatic N) is 2. The molecule has 26 heavy (non-hydrogen) atoms. The minimum Gasteiger partial charge on any atom is -0.462 e. The van der Waals surface area contributed by atoms with Crippen molar-refractivity contribution in [2.45, 2.75) is 32.7 Å². The van der Waals surface area contributed by atoms with Crippen molar-refractivity contribution < 1.29 is 27.6 Å². The van der Waals surface area contributed by atoms with Crippen molar-refractivity contribution in [2.75, 3.05) is 6.61 Å². The van der Waals surface area contributed by atoms with Crippen molar-refractivity contribution in [3.63, 3.8) is 0 Å². The van der Waals surface area contributed by atoms with Crippen LogP contribution in [0.15, 0.2) is 4.79 Å². The normalized spacial score (nSPS) is 16.0. The van der Waals surface area contributed by atoms with Gasteiger partial charge in [0.1, 0.15) is 10.9 Å². The molecule has 0 saturated carbocycles. The molecule has 7 nitrogen and oxygen atoms in total. The molecule has 0 N–H and O–H groups in total. The lowest BCUT2D eigenvalue weighted by atomic mass is 10.0. The van der Waals surface area contributed by atoms with E-state index in [9.17, 15) is 32.9 Å². The van der Waals surface area contributed by atoms with Crippen molar-refractivity contribution in [3.8, 4) is 0 Å². The van der Waals surface area contributed by atoms with Crippen LogP contribution in [0.2, 0.25) is 0 Å². The molecule has 0 aliphatic carbocycles. The fraction of sp³-hybridized carbons (Fsp3) is 0.375. The van der Waals surface area contributed by atoms with Crippen LogP contribution in [0.3, 0.4) is 0 Å². The first kappa shape index (κ1) is 17.9. The number of nitro groups is 1. The molecular weight excluding hydrogens is 357 g/mol. The first-order chi connectivity index (χ1) is 12.2. The number of carbonyl (C=O) groups excluding carboxylic acids is 1. The van der Waals surface area contributed by atoms with Gasteiger partial charge < -0.3 is 9.30 Å². The van der Waals surface area contributed by atoms with Crippen LogP contribution in [-0.2, 0) is 11.2 Å². The molecule has 0 saturated heterocycles. The Bertz CT molecular complexity index is 1030. The zero-order chi connectivity index (χ0) is 19.3. The summed E-state index contributed by atoms with van der Waals surface area (Å²) in [7, 11) is 0. The van der Waals surface area contributed by atoms with E-state index < -0.39 is 62.0 Å². The van der Waals surface area contributed by atoms with Crippen LogP contribution in [0.1, 0.15) is 42.4 Å². The molecule has 2 aromatic rings. The minimum absolute atomic E-state index is 0.0699. The van der Waals surface area contributed by atoms with E-state index in [1.54, 1.807) is 6.92 Å². The molecule has 1 aromatic heterocycles. The van der Waals surface area contributed by atoms with Gasteiger partial charge in [-0.05, 0) is 26.7 Å². The molecule has 0 spiro atoms. The molecule has 1 aliphatic rings. The van der Waals surface area contributed by atoms with Crippen molar-refractivity contribution >= 4 is 22.6 Å². The van der Waals surface area contributed by atoms with Crippen LogP contribution < -0.4 is 5.43 Å². The predicted molar refractivity (Wildman–Crippen MR) is 83.7 cm³/mol. The monoisotopic (exact) mass is 370 g/mol. The lowest BCUT2D eigenvalue weighted by Gasteiger charge is -2.18. The highest BCUT2D eigenvalue weighted by molar-refractivity contribution is 5.98. The summed E-state index contributed by atoms with van der Waals surface area (Å²) in [5.74, 6) is -6.87. The Balaban J connectivity index is 2.63. The van der Waals surface area contributed by atoms with Crippen molar-refractivity contribution in [3.05, 3.63) is 49.0 Å². The van der Waals surface area contributed by atoms with Crippen molar-refractivity contribution in [1.82, 2.24) is 4.57 Å². The van der Waals surface area contributed by atoms with Crippen LogP contribution in [0.25, 0.3) is 10.9 Å². The number of benzene rings is 1. The number of esters is 1. The highest BCUT2D eigenvalue weighted by atomic mass is 19.2. The Kier molecular flexibility index (Phi) is 4.21. The second-order valence-electron chi connectivity index (χ2n) is 5.90. The van der Waals surface area contributed by atoms with Gasteiger partial charge in [0.15, 0.2) is 5.82 Å². The number of pyridine rings is 1. The summed E-state index contributed by atoms with van der Waals surface area (Å²) in [6.45, 7) is 3.04. The molecule has 0 amide bonds. The summed E-state index contributed by atoms with van der Waals surface area (Å²) in [5, 5.41) is 10.3. The number of aromatic nitrogens is 1. The van der Waals surface area contributed by atoms with Gasteiger partial charge in [-0.2, -0.15) is 4.39 Å². The highest BCUT2D eigenvalue weighted by Crippen LogP contribution is 2.38. The molecule has 138 valence electrons. The van der Waals surface area contributed by atoms with Gasteiger partial charge in [0.2, 0.25) is 17.1 Å². The van der Waals surface area contributed by atoms with E-state index in [2.05, 4.69) is 0 Å². The van der Waals surface area contributed by atoms with Gasteiger partial charge in [0.05, 0.1) is 17.0 Å². The summed E-state index contributed by atoms with van der Waals surface area (Å²) in [6, 6.07) is -0.486. The number of ether oxygens (including phenoxy) is 1. The topological polar surface area (TPSA) is 91.4 Å². The van der Waals surface area contributed by atoms with Crippen molar-refractivity contribution in [1.29, 1.82) is 0 Å². The van der Waals surface area contributed by atoms with Gasteiger partial charge in [0.25, 0.3) is 0 Å². The molecule has 2 heterocycles. The Morgan fingerprint density at radius 1 is 1.31 bits per heavy atom. The number of rotatable bonds is 3. The number of carbonyl (C=O) groups is 1. The third kappa shape index (κ3) is 2.28. The Morgan fingerprint density at radius 2 is 1.96 bits per heavy atom. The van der Waals surface area contributed by atoms with Crippen LogP contribution in [-0.4, -0.2) is 22.1 Å². The van der Waals surface area contributed by atoms with Gasteiger partial charge in [0, 0.05) is 11.7 Å². The van der Waals surface area contributed by atoms with Crippen LogP contribution >= 0.6 is 0 Å². The maximum atomic E-state index is 14.5. The highest BCUT2D eigenvalue weighted by Gasteiger charge is 2.37. The van der Waals surface area contributed by atoms with E-state index in [1.807, 2.05) is 0 Å². The van der Waals surface area contributed by atoms with E-state index in [1.165, 1.54) is 6.92 Å². The minimum atomic E-state index is -2.09. The smallest absolute Gasteiger partial charge is 0.343 e. The molecule has 0 radical (unpaired) electrons. The summed E-state index contributed by atoms with van der Waals surface area (Å²) >= 11 is 0. The Hall–Kier alpha value is -2.91. The predicted octanol–water partition coefficient (Wildman–Crippen LogP) is 3.01. The molecule has 10 heteroatoms. The number of hydrogen-bond donors (Lipinski definition) is 0. The maximum absolute atomic E-state index is 14.5. The fourth-order valence-corrected chi connectivity index (χ4v) is 3.38. The SMILES string of the molecule is CCOC(=O)c1c2n(c3c(F)c(F)c(F)c([N+](=O)[O-])c3c1=O)[C@H](C)CC2. The molecule has 0 unspecified atom stereocenters. The average Bonchev–Trinajstić information content (AvgIpc) is 2.94. The number of hydrogen-bond acceptors (Lipinski definition) is 5. The van der Waals surface area contributed by atoms with Gasteiger partial charge >= 0.3 is 11.7 Å². The summed E-state index contributed by atoms with van der Waals surface area (Å²) in [5.41, 5.74) is -3.88. The van der Waals surface area contributed by atoms with E-state index >= 15 is 0 Å². The number of halogens is 3. The summed E-state index contributed by atoms with van der Waals surface area (Å²) in [6.07, 6.45) is 0.573. The standard InChI is InChI=1S/C16H13F3N2O5/c1-3-26-16(23)8-7-5-4-6(2)20(7)13-9(15(8)22)14(21(24)25)12(19)10(17)11(13)18/h6H,3-5H2,1-2H3/t6-/m1/s1. The molecule has 3 rings (SSSR count). The molecular formula is C16H13F3N2O5. The number of nitro benzene ring substituents is 1. The Morgan fingerprint density at radius 3 is 2.54 bits per heavy atom. The quantitative estimate of drug-likeness (QED) is 0.358. The van der Waals surface area contributed by atoms with Crippen LogP contribution in [0.5, 0.6) is 0 Å². The van der Waals surface area contributed by atoms with Gasteiger partial charge in [-0.25, -0.2) is 13.6 Å². The van der Waals surface area contributed by atoms with Crippen LogP contribution in [0.4, 0.5) is 18.9 Å². The lowest BCUT2D eigenvalue weighted by Crippen LogP contribution is -2.26. The molecule has 1 atom stereocenters. The fourth-order valence-electron chi connectivity index (χ4n) is 3.38. The van der Waals surface area contributed by atoms with E-state index in [0.717, 1.165) is 4.57 Å². The maximum Gasteiger partial charge on any atom is 0.343 e. The first-order valence-electron chi connectivity index (χ1n) is 7.81. The summed E-state index contributed by atoms with van der Waals surface area (Å²) in [4.78, 5) is 35.0. The molecule has 1 aliphatic heterocycles. The zero-order valence-corrected chi connectivity index (χ0v) is 13.8. The zero-order valence-electron chi connectivity index (χ0n) is 13.8. The summed E-state index contributed by atoms with van der Waals surface area (Å²) < 4.78 is 48.4. The lowest BCUT2D eigenvalue weighted by molar-refractivity contribution is -0.386. The second-order valence-corrected chi connectivity index (χ2v) is 5.90. The first-order valence-corrected chi connectivity index (χ1v) is 7.81. The van der Waals surface area contributed by atoms with Crippen LogP contribution in [0, 0.1) is 27.6 Å². The van der Waals surface area contributed by atoms with Gasteiger partial charge in [-0.15, -0.1) is 0 Å². The molecule has 0 bridgehead atoms. The Labute approximate surface area is 144 Å². The van der Waals surface area contributed by atoms with E-state index in [-0.39, 0.29) is 18.7 Å². The van der Waals surface area contributed by atoms with E-state index in [4.69, 9.17) is 4.74 Å². The second kappa shape index (κ2) is 6.11. The molecule has 0 fully saturated rings. The van der Waals surface area contributed by atoms with E-state index in [0.29, 0.717) is 6.42 Å². The van der Waals surface area contributed by atoms with Crippen molar-refractivity contribution in [2.24, 2.45) is 0 Å². The largest absolute Gasteiger partial charge is 0.462 e. The third-order valence-corrected chi connectivity index (χ3v) is 4.45. The van der Waals surface area contributed by atoms with Gasteiger partial charge in [-0.1, -0.05) is 0 Å².